The van der Waals surface area contributed by atoms with Gasteiger partial charge in [0.15, 0.2) is 0 Å². The molecule has 1 aliphatic carbocycles. The third-order valence-electron chi connectivity index (χ3n) is 9.85. The van der Waals surface area contributed by atoms with Gasteiger partial charge >= 0.3 is 12.2 Å². The lowest BCUT2D eigenvalue weighted by atomic mass is 9.85. The normalized spacial score (nSPS) is 24.7. The van der Waals surface area contributed by atoms with Gasteiger partial charge in [0.2, 0.25) is 27.6 Å². The molecule has 0 bridgehead atoms. The smallest absolute Gasteiger partial charge is 0.346 e. The fourth-order valence-electron chi connectivity index (χ4n) is 6.75. The number of urea groups is 1. The topological polar surface area (TPSA) is 174 Å². The van der Waals surface area contributed by atoms with Crippen LogP contribution in [0.3, 0.4) is 0 Å². The number of likely N-dealkylation sites (tertiary alicyclic amines) is 1. The second kappa shape index (κ2) is 15.0. The molecule has 4 N–H and O–H groups in total. The van der Waals surface area contributed by atoms with E-state index in [0.29, 0.717) is 13.0 Å². The van der Waals surface area contributed by atoms with Gasteiger partial charge in [0.05, 0.1) is 11.8 Å². The number of rotatable bonds is 14. The van der Waals surface area contributed by atoms with Crippen LogP contribution in [0.2, 0.25) is 0 Å². The monoisotopic (exact) mass is 720 g/mol. The Balaban J connectivity index is 1.83. The van der Waals surface area contributed by atoms with E-state index >= 15 is 0 Å². The van der Waals surface area contributed by atoms with Crippen LogP contribution in [0.1, 0.15) is 67.7 Å². The van der Waals surface area contributed by atoms with Gasteiger partial charge in [-0.25, -0.2) is 13.2 Å². The molecule has 2 aliphatic heterocycles. The lowest BCUT2D eigenvalue weighted by molar-refractivity contribution is -0.148. The molecule has 2 saturated heterocycles. The molecule has 5 amide bonds. The highest BCUT2D eigenvalue weighted by atomic mass is 32.2. The zero-order valence-electron chi connectivity index (χ0n) is 29.3. The van der Waals surface area contributed by atoms with E-state index in [9.17, 15) is 45.6 Å². The summed E-state index contributed by atoms with van der Waals surface area (Å²) in [6.45, 7) is 16.5. The number of alkyl halides is 3. The van der Waals surface area contributed by atoms with Gasteiger partial charge in [-0.3, -0.25) is 19.2 Å². The molecule has 278 valence electrons. The molecule has 13 nitrogen and oxygen atoms in total. The van der Waals surface area contributed by atoms with Gasteiger partial charge in [-0.2, -0.15) is 17.5 Å². The third kappa shape index (κ3) is 9.73. The zero-order valence-corrected chi connectivity index (χ0v) is 30.1. The number of hydrogen-bond donors (Lipinski definition) is 4. The number of piperidine rings is 1. The van der Waals surface area contributed by atoms with Gasteiger partial charge in [-0.15, -0.1) is 6.58 Å². The van der Waals surface area contributed by atoms with Crippen LogP contribution in [0.5, 0.6) is 0 Å². The number of halogens is 3. The second-order valence-electron chi connectivity index (χ2n) is 15.3. The highest BCUT2D eigenvalue weighted by molar-refractivity contribution is 7.89. The van der Waals surface area contributed by atoms with E-state index in [0.717, 1.165) is 0 Å². The number of carbonyl (C=O) groups is 5. The molecule has 0 aromatic heterocycles. The summed E-state index contributed by atoms with van der Waals surface area (Å²) >= 11 is 0. The molecular weight excluding hydrogens is 669 g/mol. The number of nitrogens with one attached hydrogen (secondary N) is 4. The standard InChI is InChI=1S/C32H51F3N6O7S/c1-9-13-36-27(44)24(42)20(11-12-32(33,34)35)37-26(43)23-22-19(31(22,7)8)16-41(23)28(45)25(30(4,5)6)39-29(46)38-21(18(2)3)17-40-14-10-15-49(40,47)48/h9,18-23,25H,1,10-17H2,2-8H3,(H,36,44)(H,37,43)(H2,38,39,46)/t19-,20?,21+,22-,23-,25+/m0/s1. The number of nitrogens with zero attached hydrogens (tertiary/aromatic N) is 2. The van der Waals surface area contributed by atoms with Crippen molar-refractivity contribution < 1.29 is 45.6 Å². The number of Topliss-reactive ketones (excluding diaryl/α,β-unsaturated/α-hetero) is 1. The van der Waals surface area contributed by atoms with Gasteiger partial charge in [-0.05, 0) is 41.4 Å². The van der Waals surface area contributed by atoms with E-state index in [2.05, 4.69) is 27.8 Å². The minimum Gasteiger partial charge on any atom is -0.346 e. The summed E-state index contributed by atoms with van der Waals surface area (Å²) < 4.78 is 65.6. The first-order chi connectivity index (χ1) is 22.4. The van der Waals surface area contributed by atoms with Crippen LogP contribution in [-0.2, 0) is 29.2 Å². The first-order valence-corrected chi connectivity index (χ1v) is 18.2. The maximum absolute atomic E-state index is 14.2. The molecule has 1 unspecified atom stereocenters. The van der Waals surface area contributed by atoms with Crippen LogP contribution in [0.4, 0.5) is 18.0 Å². The van der Waals surface area contributed by atoms with Crippen LogP contribution in [-0.4, -0.2) is 109 Å². The Morgan fingerprint density at radius 2 is 1.67 bits per heavy atom. The van der Waals surface area contributed by atoms with E-state index in [1.807, 2.05) is 27.7 Å². The SMILES string of the molecule is C=CCNC(=O)C(=O)C(CCC(F)(F)F)NC(=O)[C@@H]1[C@@H]2[C@H](CN1C(=O)[C@@H](NC(=O)N[C@H](CN1CCCS1(=O)=O)C(C)C)C(C)(C)C)C2(C)C. The van der Waals surface area contributed by atoms with Gasteiger partial charge in [0.1, 0.15) is 12.1 Å². The Hall–Kier alpha value is -3.21. The fraction of sp³-hybridized carbons (Fsp3) is 0.781. The average Bonchev–Trinajstić information content (AvgIpc) is 3.27. The first kappa shape index (κ1) is 40.2. The van der Waals surface area contributed by atoms with Crippen molar-refractivity contribution in [3.05, 3.63) is 12.7 Å². The maximum atomic E-state index is 14.2. The summed E-state index contributed by atoms with van der Waals surface area (Å²) in [4.78, 5) is 68.0. The van der Waals surface area contributed by atoms with E-state index in [1.165, 1.54) is 15.3 Å². The van der Waals surface area contributed by atoms with E-state index in [-0.39, 0.29) is 43.1 Å². The predicted octanol–water partition coefficient (Wildman–Crippen LogP) is 1.94. The van der Waals surface area contributed by atoms with Crippen molar-refractivity contribution in [1.82, 2.24) is 30.5 Å². The van der Waals surface area contributed by atoms with Crippen molar-refractivity contribution in [3.63, 3.8) is 0 Å². The van der Waals surface area contributed by atoms with E-state index in [4.69, 9.17) is 0 Å². The van der Waals surface area contributed by atoms with Crippen LogP contribution in [0, 0.1) is 28.6 Å². The molecular formula is C32H51F3N6O7S. The van der Waals surface area contributed by atoms with Crippen LogP contribution in [0.15, 0.2) is 12.7 Å². The molecule has 3 rings (SSSR count). The Morgan fingerprint density at radius 1 is 1.04 bits per heavy atom. The summed E-state index contributed by atoms with van der Waals surface area (Å²) in [5.74, 6) is -4.54. The summed E-state index contributed by atoms with van der Waals surface area (Å²) in [6, 6.07) is -5.43. The van der Waals surface area contributed by atoms with Gasteiger partial charge in [-0.1, -0.05) is 54.5 Å². The predicted molar refractivity (Wildman–Crippen MR) is 175 cm³/mol. The highest BCUT2D eigenvalue weighted by Crippen LogP contribution is 2.65. The minimum absolute atomic E-state index is 0.0354. The molecule has 3 aliphatic rings. The van der Waals surface area contributed by atoms with Gasteiger partial charge in [0, 0.05) is 38.6 Å². The molecule has 2 heterocycles. The number of fused-ring (bicyclic) bond motifs is 1. The zero-order chi connectivity index (χ0) is 37.3. The minimum atomic E-state index is -4.66. The Kier molecular flexibility index (Phi) is 12.3. The second-order valence-corrected chi connectivity index (χ2v) is 17.4. The summed E-state index contributed by atoms with van der Waals surface area (Å²) in [6.07, 6.45) is -5.20. The Bertz CT molecular complexity index is 1410. The average molecular weight is 721 g/mol. The Labute approximate surface area is 286 Å². The molecule has 3 fully saturated rings. The number of ketones is 1. The van der Waals surface area contributed by atoms with Crippen LogP contribution >= 0.6 is 0 Å². The number of carbonyl (C=O) groups excluding carboxylic acids is 5. The molecule has 0 aromatic carbocycles. The number of sulfonamides is 1. The Morgan fingerprint density at radius 3 is 2.18 bits per heavy atom. The highest BCUT2D eigenvalue weighted by Gasteiger charge is 2.70. The molecule has 6 atom stereocenters. The summed E-state index contributed by atoms with van der Waals surface area (Å²) in [5.41, 5.74) is -1.27. The first-order valence-electron chi connectivity index (χ1n) is 16.6. The lowest BCUT2D eigenvalue weighted by Gasteiger charge is -2.38. The van der Waals surface area contributed by atoms with Crippen molar-refractivity contribution in [3.8, 4) is 0 Å². The van der Waals surface area contributed by atoms with E-state index in [1.54, 1.807) is 20.8 Å². The maximum Gasteiger partial charge on any atom is 0.389 e. The van der Waals surface area contributed by atoms with Crippen LogP contribution in [0.25, 0.3) is 0 Å². The molecule has 0 aromatic rings. The fourth-order valence-corrected chi connectivity index (χ4v) is 8.30. The lowest BCUT2D eigenvalue weighted by Crippen LogP contribution is -2.62. The molecule has 49 heavy (non-hydrogen) atoms. The third-order valence-corrected chi connectivity index (χ3v) is 11.8. The molecule has 1 saturated carbocycles. The molecule has 17 heteroatoms. The van der Waals surface area contributed by atoms with Crippen molar-refractivity contribution in [1.29, 1.82) is 0 Å². The number of amides is 5. The van der Waals surface area contributed by atoms with E-state index < -0.39 is 93.6 Å². The van der Waals surface area contributed by atoms with Gasteiger partial charge in [0.25, 0.3) is 5.91 Å². The largest absolute Gasteiger partial charge is 0.389 e. The molecule has 0 radical (unpaired) electrons. The summed E-state index contributed by atoms with van der Waals surface area (Å²) in [5, 5.41) is 10.1. The quantitative estimate of drug-likeness (QED) is 0.157. The van der Waals surface area contributed by atoms with Crippen LogP contribution < -0.4 is 21.3 Å². The molecule has 0 spiro atoms. The van der Waals surface area contributed by atoms with Crippen molar-refractivity contribution >= 4 is 39.6 Å². The van der Waals surface area contributed by atoms with Crippen molar-refractivity contribution in [2.24, 2.45) is 28.6 Å². The van der Waals surface area contributed by atoms with Crippen molar-refractivity contribution in [2.45, 2.75) is 98.1 Å². The van der Waals surface area contributed by atoms with Gasteiger partial charge < -0.3 is 26.2 Å². The number of hydrogen-bond acceptors (Lipinski definition) is 7. The summed E-state index contributed by atoms with van der Waals surface area (Å²) in [7, 11) is -3.42. The van der Waals surface area contributed by atoms with Crippen molar-refractivity contribution in [2.75, 3.05) is 31.9 Å².